The van der Waals surface area contributed by atoms with Gasteiger partial charge in [0, 0.05) is 0 Å². The van der Waals surface area contributed by atoms with E-state index in [9.17, 15) is 61.9 Å². The molecule has 0 spiro atoms. The van der Waals surface area contributed by atoms with Gasteiger partial charge in [-0.25, -0.2) is 4.39 Å². The third-order valence-electron chi connectivity index (χ3n) is 2.67. The Bertz CT molecular complexity index is 452. The van der Waals surface area contributed by atoms with Gasteiger partial charge in [-0.1, -0.05) is 0 Å². The Hall–Kier alpha value is -1.24. The summed E-state index contributed by atoms with van der Waals surface area (Å²) < 4.78 is 165. The number of hydrogen-bond acceptors (Lipinski definition) is 1. The topological polar surface area (TPSA) is 17.1 Å². The summed E-state index contributed by atoms with van der Waals surface area (Å²) in [5.74, 6) is -43.9. The molecule has 0 amide bonds. The first-order valence-corrected chi connectivity index (χ1v) is 5.13. The molecule has 0 bridgehead atoms. The van der Waals surface area contributed by atoms with Crippen molar-refractivity contribution in [3.05, 3.63) is 0 Å². The number of carbonyl (C=O) groups excluding carboxylic acids is 1. The van der Waals surface area contributed by atoms with E-state index in [0.717, 1.165) is 0 Å². The van der Waals surface area contributed by atoms with Crippen LogP contribution < -0.4 is 0 Å². The molecule has 0 aliphatic heterocycles. The standard InChI is InChI=1S/C9H5F13O/c1-3(10)5(13,14)7(17,18)9(21,22)8(19,20)6(15,16)4(11,12)2-23/h2-3H,1H3. The fourth-order valence-electron chi connectivity index (χ4n) is 1.14. The monoisotopic (exact) mass is 376 g/mol. The van der Waals surface area contributed by atoms with Crippen molar-refractivity contribution < 1.29 is 61.9 Å². The van der Waals surface area contributed by atoms with Gasteiger partial charge in [0.15, 0.2) is 12.5 Å². The highest BCUT2D eigenvalue weighted by Crippen LogP contribution is 2.60. The van der Waals surface area contributed by atoms with Gasteiger partial charge in [0.05, 0.1) is 0 Å². The summed E-state index contributed by atoms with van der Waals surface area (Å²) in [6, 6.07) is 0. The quantitative estimate of drug-likeness (QED) is 0.477. The number of alkyl halides is 13. The summed E-state index contributed by atoms with van der Waals surface area (Å²) in [6.07, 6.45) is -6.50. The second-order valence-corrected chi connectivity index (χ2v) is 4.28. The lowest BCUT2D eigenvalue weighted by atomic mass is 9.90. The second kappa shape index (κ2) is 5.40. The highest BCUT2D eigenvalue weighted by Gasteiger charge is 2.90. The number of rotatable bonds is 7. The van der Waals surface area contributed by atoms with E-state index in [-0.39, 0.29) is 0 Å². The molecular formula is C9H5F13O. The summed E-state index contributed by atoms with van der Waals surface area (Å²) in [7, 11) is 0. The normalized spacial score (nSPS) is 17.1. The molecule has 1 unspecified atom stereocenters. The van der Waals surface area contributed by atoms with Gasteiger partial charge in [-0.15, -0.1) is 0 Å². The molecule has 138 valence electrons. The number of halogens is 13. The van der Waals surface area contributed by atoms with Crippen LogP contribution in [0.1, 0.15) is 6.92 Å². The van der Waals surface area contributed by atoms with E-state index < -0.39 is 54.9 Å². The minimum atomic E-state index is -7.85. The molecule has 0 aliphatic rings. The predicted molar refractivity (Wildman–Crippen MR) is 46.3 cm³/mol. The van der Waals surface area contributed by atoms with Crippen LogP contribution in [0.4, 0.5) is 57.1 Å². The third kappa shape index (κ3) is 2.62. The molecule has 0 rings (SSSR count). The van der Waals surface area contributed by atoms with Gasteiger partial charge >= 0.3 is 35.5 Å². The fraction of sp³-hybridized carbons (Fsp3) is 0.889. The van der Waals surface area contributed by atoms with E-state index in [1.807, 2.05) is 0 Å². The molecule has 0 aromatic heterocycles. The Morgan fingerprint density at radius 3 is 1.22 bits per heavy atom. The summed E-state index contributed by atoms with van der Waals surface area (Å²) in [5, 5.41) is 0. The zero-order valence-electron chi connectivity index (χ0n) is 10.5. The van der Waals surface area contributed by atoms with Crippen molar-refractivity contribution in [1.29, 1.82) is 0 Å². The first kappa shape index (κ1) is 21.8. The SMILES string of the molecule is CC(F)C(F)(F)C(F)(F)C(F)(F)C(F)(F)C(F)(F)C(F)(F)C=O. The molecule has 0 heterocycles. The molecule has 0 aromatic carbocycles. The smallest absolute Gasteiger partial charge is 0.296 e. The summed E-state index contributed by atoms with van der Waals surface area (Å²) in [5.41, 5.74) is 0. The van der Waals surface area contributed by atoms with Gasteiger partial charge in [0.1, 0.15) is 0 Å². The molecule has 0 aromatic rings. The van der Waals surface area contributed by atoms with Crippen LogP contribution in [0, 0.1) is 0 Å². The first-order chi connectivity index (χ1) is 9.75. The van der Waals surface area contributed by atoms with Gasteiger partial charge in [0.2, 0.25) is 0 Å². The van der Waals surface area contributed by atoms with Gasteiger partial charge < -0.3 is 0 Å². The minimum absolute atomic E-state index is 0.486. The molecule has 1 nitrogen and oxygen atoms in total. The van der Waals surface area contributed by atoms with Crippen LogP contribution in [-0.4, -0.2) is 48.0 Å². The van der Waals surface area contributed by atoms with Crippen LogP contribution in [0.25, 0.3) is 0 Å². The molecule has 0 aliphatic carbocycles. The lowest BCUT2D eigenvalue weighted by Gasteiger charge is -2.40. The lowest BCUT2D eigenvalue weighted by Crippen LogP contribution is -2.71. The summed E-state index contributed by atoms with van der Waals surface area (Å²) in [4.78, 5) is 9.60. The highest BCUT2D eigenvalue weighted by atomic mass is 19.4. The number of aldehydes is 1. The van der Waals surface area contributed by atoms with Crippen molar-refractivity contribution in [3.63, 3.8) is 0 Å². The Balaban J connectivity index is 6.34. The van der Waals surface area contributed by atoms with Crippen LogP contribution in [0.15, 0.2) is 0 Å². The molecule has 23 heavy (non-hydrogen) atoms. The van der Waals surface area contributed by atoms with Gasteiger partial charge in [-0.05, 0) is 6.92 Å². The van der Waals surface area contributed by atoms with Gasteiger partial charge in [-0.2, -0.15) is 52.7 Å². The van der Waals surface area contributed by atoms with E-state index in [0.29, 0.717) is 0 Å². The van der Waals surface area contributed by atoms with Crippen LogP contribution in [0.2, 0.25) is 0 Å². The highest BCUT2D eigenvalue weighted by molar-refractivity contribution is 5.62. The van der Waals surface area contributed by atoms with E-state index in [1.54, 1.807) is 0 Å². The molecule has 0 fully saturated rings. The van der Waals surface area contributed by atoms with Crippen LogP contribution in [0.5, 0.6) is 0 Å². The zero-order chi connectivity index (χ0) is 19.3. The number of carbonyl (C=O) groups is 1. The molecule has 0 saturated carbocycles. The third-order valence-corrected chi connectivity index (χ3v) is 2.67. The maximum Gasteiger partial charge on any atom is 0.385 e. The zero-order valence-corrected chi connectivity index (χ0v) is 10.5. The second-order valence-electron chi connectivity index (χ2n) is 4.28. The average molecular weight is 376 g/mol. The average Bonchev–Trinajstić information content (AvgIpc) is 2.37. The largest absolute Gasteiger partial charge is 0.385 e. The van der Waals surface area contributed by atoms with Crippen molar-refractivity contribution in [2.45, 2.75) is 48.6 Å². The summed E-state index contributed by atoms with van der Waals surface area (Å²) >= 11 is 0. The Morgan fingerprint density at radius 1 is 0.652 bits per heavy atom. The molecule has 1 atom stereocenters. The lowest BCUT2D eigenvalue weighted by molar-refractivity contribution is -0.423. The first-order valence-electron chi connectivity index (χ1n) is 5.13. The Kier molecular flexibility index (Phi) is 5.10. The van der Waals surface area contributed by atoms with Gasteiger partial charge in [0.25, 0.3) is 0 Å². The van der Waals surface area contributed by atoms with E-state index in [4.69, 9.17) is 0 Å². The minimum Gasteiger partial charge on any atom is -0.296 e. The van der Waals surface area contributed by atoms with Crippen LogP contribution >= 0.6 is 0 Å². The van der Waals surface area contributed by atoms with E-state index >= 15 is 0 Å². The van der Waals surface area contributed by atoms with Crippen molar-refractivity contribution in [1.82, 2.24) is 0 Å². The van der Waals surface area contributed by atoms with Crippen molar-refractivity contribution in [2.24, 2.45) is 0 Å². The fourth-order valence-corrected chi connectivity index (χ4v) is 1.14. The molecule has 0 radical (unpaired) electrons. The molecule has 0 saturated heterocycles. The summed E-state index contributed by atoms with van der Waals surface area (Å²) in [6.45, 7) is -0.486. The van der Waals surface area contributed by atoms with Crippen molar-refractivity contribution in [2.75, 3.05) is 0 Å². The van der Waals surface area contributed by atoms with Gasteiger partial charge in [-0.3, -0.25) is 4.79 Å². The maximum atomic E-state index is 12.9. The van der Waals surface area contributed by atoms with Crippen LogP contribution in [-0.2, 0) is 4.79 Å². The van der Waals surface area contributed by atoms with Crippen LogP contribution in [0.3, 0.4) is 0 Å². The Labute approximate surface area is 118 Å². The number of hydrogen-bond donors (Lipinski definition) is 0. The van der Waals surface area contributed by atoms with E-state index in [1.165, 1.54) is 0 Å². The molecule has 0 N–H and O–H groups in total. The predicted octanol–water partition coefficient (Wildman–Crippen LogP) is 4.36. The molecular weight excluding hydrogens is 371 g/mol. The Morgan fingerprint density at radius 2 is 0.957 bits per heavy atom. The van der Waals surface area contributed by atoms with E-state index in [2.05, 4.69) is 0 Å². The maximum absolute atomic E-state index is 12.9. The van der Waals surface area contributed by atoms with Crippen molar-refractivity contribution >= 4 is 6.29 Å². The molecule has 14 heteroatoms. The van der Waals surface area contributed by atoms with Crippen molar-refractivity contribution in [3.8, 4) is 0 Å².